The minimum atomic E-state index is -3.99. The minimum Gasteiger partial charge on any atom is -0.333 e. The maximum atomic E-state index is 12.3. The normalized spacial score (nSPS) is 11.4. The lowest BCUT2D eigenvalue weighted by Crippen LogP contribution is -2.39. The van der Waals surface area contributed by atoms with E-state index in [1.165, 1.54) is 24.3 Å². The first-order valence-electron chi connectivity index (χ1n) is 10.8. The van der Waals surface area contributed by atoms with Gasteiger partial charge in [-0.3, -0.25) is 0 Å². The highest BCUT2D eigenvalue weighted by molar-refractivity contribution is 7.90. The van der Waals surface area contributed by atoms with E-state index in [0.717, 1.165) is 11.1 Å². The molecule has 0 fully saturated rings. The van der Waals surface area contributed by atoms with Gasteiger partial charge in [0.2, 0.25) is 0 Å². The van der Waals surface area contributed by atoms with Gasteiger partial charge in [0, 0.05) is 13.1 Å². The Kier molecular flexibility index (Phi) is 8.33. The van der Waals surface area contributed by atoms with Crippen molar-refractivity contribution in [1.29, 1.82) is 0 Å². The summed E-state index contributed by atoms with van der Waals surface area (Å²) in [6, 6.07) is 17.2. The van der Waals surface area contributed by atoms with E-state index in [4.69, 9.17) is 0 Å². The third-order valence-electron chi connectivity index (χ3n) is 5.05. The number of hydrogen-bond donors (Lipinski definition) is 4. The van der Waals surface area contributed by atoms with E-state index in [1.54, 1.807) is 48.5 Å². The zero-order valence-corrected chi connectivity index (χ0v) is 21.2. The monoisotopic (exact) mass is 530 g/mol. The highest BCUT2D eigenvalue weighted by Gasteiger charge is 2.18. The fourth-order valence-electron chi connectivity index (χ4n) is 3.01. The Labute approximate surface area is 210 Å². The van der Waals surface area contributed by atoms with E-state index in [2.05, 4.69) is 10.6 Å². The number of amides is 4. The van der Waals surface area contributed by atoms with Crippen molar-refractivity contribution in [3.8, 4) is 0 Å². The lowest BCUT2D eigenvalue weighted by Gasteiger charge is -2.10. The van der Waals surface area contributed by atoms with Crippen molar-refractivity contribution in [2.24, 2.45) is 0 Å². The average Bonchev–Trinajstić information content (AvgIpc) is 2.82. The van der Waals surface area contributed by atoms with E-state index in [1.807, 2.05) is 23.3 Å². The quantitative estimate of drug-likeness (QED) is 0.352. The molecule has 190 valence electrons. The molecule has 3 aromatic rings. The van der Waals surface area contributed by atoms with Crippen molar-refractivity contribution in [3.05, 3.63) is 95.1 Å². The van der Waals surface area contributed by atoms with Gasteiger partial charge in [-0.2, -0.15) is 0 Å². The summed E-state index contributed by atoms with van der Waals surface area (Å²) in [5, 5.41) is 4.95. The van der Waals surface area contributed by atoms with Crippen molar-refractivity contribution in [2.75, 3.05) is 0 Å². The lowest BCUT2D eigenvalue weighted by atomic mass is 10.1. The molecule has 36 heavy (non-hydrogen) atoms. The Morgan fingerprint density at radius 2 is 0.861 bits per heavy atom. The zero-order valence-electron chi connectivity index (χ0n) is 19.6. The van der Waals surface area contributed by atoms with Crippen LogP contribution in [0.4, 0.5) is 9.59 Å². The number of aryl methyl sites for hydroxylation is 2. The summed E-state index contributed by atoms with van der Waals surface area (Å²) < 4.78 is 53.0. The van der Waals surface area contributed by atoms with E-state index >= 15 is 0 Å². The van der Waals surface area contributed by atoms with Crippen molar-refractivity contribution < 1.29 is 26.4 Å². The Morgan fingerprint density at radius 1 is 0.556 bits per heavy atom. The van der Waals surface area contributed by atoms with Crippen LogP contribution in [0.1, 0.15) is 22.3 Å². The van der Waals surface area contributed by atoms with Crippen LogP contribution >= 0.6 is 0 Å². The van der Waals surface area contributed by atoms with Crippen LogP contribution in [-0.2, 0) is 33.1 Å². The molecule has 10 nitrogen and oxygen atoms in total. The third-order valence-corrected chi connectivity index (χ3v) is 7.74. The van der Waals surface area contributed by atoms with Crippen LogP contribution in [0.15, 0.2) is 82.6 Å². The summed E-state index contributed by atoms with van der Waals surface area (Å²) in [7, 11) is -7.97. The highest BCUT2D eigenvalue weighted by atomic mass is 32.2. The van der Waals surface area contributed by atoms with Gasteiger partial charge in [-0.25, -0.2) is 35.9 Å². The van der Waals surface area contributed by atoms with Gasteiger partial charge in [-0.15, -0.1) is 0 Å². The summed E-state index contributed by atoms with van der Waals surface area (Å²) in [6.45, 7) is 3.78. The number of carbonyl (C=O) groups is 2. The van der Waals surface area contributed by atoms with E-state index in [-0.39, 0.29) is 22.9 Å². The molecule has 0 bridgehead atoms. The van der Waals surface area contributed by atoms with Crippen molar-refractivity contribution in [2.45, 2.75) is 36.7 Å². The van der Waals surface area contributed by atoms with Crippen LogP contribution in [0.5, 0.6) is 0 Å². The molecule has 0 aliphatic heterocycles. The predicted octanol–water partition coefficient (Wildman–Crippen LogP) is 2.68. The fraction of sp³-hybridized carbons (Fsp3) is 0.167. The second-order valence-electron chi connectivity index (χ2n) is 8.02. The number of nitrogens with one attached hydrogen (secondary N) is 4. The largest absolute Gasteiger partial charge is 0.333 e. The molecule has 4 amide bonds. The van der Waals surface area contributed by atoms with Gasteiger partial charge in [0.15, 0.2) is 0 Å². The van der Waals surface area contributed by atoms with Gasteiger partial charge in [0.25, 0.3) is 20.0 Å². The molecule has 0 saturated heterocycles. The summed E-state index contributed by atoms with van der Waals surface area (Å²) in [5.74, 6) is 0. The second-order valence-corrected chi connectivity index (χ2v) is 11.4. The highest BCUT2D eigenvalue weighted by Crippen LogP contribution is 2.11. The SMILES string of the molecule is Cc1ccc(S(=O)(=O)NC(=O)NCc2ccc(CNC(=O)NS(=O)(=O)c3ccc(C)cc3)cc2)cc1. The van der Waals surface area contributed by atoms with Gasteiger partial charge < -0.3 is 10.6 Å². The van der Waals surface area contributed by atoms with Crippen LogP contribution in [0.25, 0.3) is 0 Å². The van der Waals surface area contributed by atoms with E-state index in [9.17, 15) is 26.4 Å². The van der Waals surface area contributed by atoms with Crippen LogP contribution in [0, 0.1) is 13.8 Å². The van der Waals surface area contributed by atoms with Crippen LogP contribution in [0.3, 0.4) is 0 Å². The number of rotatable bonds is 8. The predicted molar refractivity (Wildman–Crippen MR) is 134 cm³/mol. The minimum absolute atomic E-state index is 0.0178. The molecular weight excluding hydrogens is 504 g/mol. The molecule has 0 saturated carbocycles. The maximum Gasteiger partial charge on any atom is 0.328 e. The molecular formula is C24H26N4O6S2. The summed E-state index contributed by atoms with van der Waals surface area (Å²) in [6.07, 6.45) is 0. The molecule has 0 atom stereocenters. The Balaban J connectivity index is 1.46. The smallest absolute Gasteiger partial charge is 0.328 e. The molecule has 0 radical (unpaired) electrons. The summed E-state index contributed by atoms with van der Waals surface area (Å²) in [4.78, 5) is 24.1. The number of hydrogen-bond acceptors (Lipinski definition) is 6. The topological polar surface area (TPSA) is 151 Å². The zero-order chi connectivity index (χ0) is 26.3. The molecule has 0 unspecified atom stereocenters. The Bertz CT molecular complexity index is 1320. The molecule has 0 aliphatic rings. The van der Waals surface area contributed by atoms with Gasteiger partial charge >= 0.3 is 12.1 Å². The molecule has 3 aromatic carbocycles. The first-order valence-corrected chi connectivity index (χ1v) is 13.7. The summed E-state index contributed by atoms with van der Waals surface area (Å²) >= 11 is 0. The Hall–Kier alpha value is -3.90. The third kappa shape index (κ3) is 7.55. The molecule has 12 heteroatoms. The van der Waals surface area contributed by atoms with E-state index in [0.29, 0.717) is 11.1 Å². The molecule has 0 aliphatic carbocycles. The Morgan fingerprint density at radius 3 is 1.17 bits per heavy atom. The number of carbonyl (C=O) groups excluding carboxylic acids is 2. The van der Waals surface area contributed by atoms with Gasteiger partial charge in [0.05, 0.1) is 9.79 Å². The lowest BCUT2D eigenvalue weighted by molar-refractivity contribution is 0.244. The second kappa shape index (κ2) is 11.2. The summed E-state index contributed by atoms with van der Waals surface area (Å²) in [5.41, 5.74) is 3.16. The number of urea groups is 2. The molecule has 3 rings (SSSR count). The van der Waals surface area contributed by atoms with E-state index < -0.39 is 32.1 Å². The molecule has 0 heterocycles. The average molecular weight is 531 g/mol. The van der Waals surface area contributed by atoms with Crippen LogP contribution in [-0.4, -0.2) is 28.9 Å². The van der Waals surface area contributed by atoms with Gasteiger partial charge in [-0.1, -0.05) is 59.7 Å². The first kappa shape index (κ1) is 26.7. The number of sulfonamides is 2. The van der Waals surface area contributed by atoms with Crippen molar-refractivity contribution in [3.63, 3.8) is 0 Å². The molecule has 4 N–H and O–H groups in total. The fourth-order valence-corrected chi connectivity index (χ4v) is 4.87. The molecule has 0 spiro atoms. The molecule has 0 aromatic heterocycles. The van der Waals surface area contributed by atoms with Gasteiger partial charge in [0.1, 0.15) is 0 Å². The maximum absolute atomic E-state index is 12.3. The van der Waals surface area contributed by atoms with Crippen LogP contribution < -0.4 is 20.1 Å². The standard InChI is InChI=1S/C24H26N4O6S2/c1-17-3-11-21(12-4-17)35(31,32)27-23(29)25-15-19-7-9-20(10-8-19)16-26-24(30)28-36(33,34)22-13-5-18(2)6-14-22/h3-14H,15-16H2,1-2H3,(H2,25,27,29)(H2,26,28,30). The van der Waals surface area contributed by atoms with Crippen LogP contribution in [0.2, 0.25) is 0 Å². The van der Waals surface area contributed by atoms with Crippen molar-refractivity contribution in [1.82, 2.24) is 20.1 Å². The van der Waals surface area contributed by atoms with Gasteiger partial charge in [-0.05, 0) is 49.2 Å². The number of benzene rings is 3. The van der Waals surface area contributed by atoms with Crippen molar-refractivity contribution >= 4 is 32.1 Å². The first-order chi connectivity index (χ1) is 16.9.